The maximum absolute atomic E-state index is 11.2. The molecule has 0 radical (unpaired) electrons. The second kappa shape index (κ2) is 8.66. The summed E-state index contributed by atoms with van der Waals surface area (Å²) in [6.45, 7) is 10.2. The van der Waals surface area contributed by atoms with Gasteiger partial charge in [-0.05, 0) is 13.8 Å². The predicted molar refractivity (Wildman–Crippen MR) is 66.6 cm³/mol. The molecule has 0 saturated carbocycles. The van der Waals surface area contributed by atoms with Gasteiger partial charge in [0.05, 0.1) is 12.8 Å². The van der Waals surface area contributed by atoms with E-state index in [2.05, 4.69) is 46.3 Å². The third kappa shape index (κ3) is 6.92. The number of esters is 2. The van der Waals surface area contributed by atoms with E-state index in [9.17, 15) is 9.59 Å². The minimum absolute atomic E-state index is 0.0882. The van der Waals surface area contributed by atoms with Crippen LogP contribution in [0.15, 0.2) is 24.7 Å². The molecule has 0 aliphatic heterocycles. The van der Waals surface area contributed by atoms with Gasteiger partial charge in [-0.1, -0.05) is 25.0 Å². The van der Waals surface area contributed by atoms with E-state index in [0.717, 1.165) is 0 Å². The SMILES string of the molecule is C=C(CC#CC)OC(=O)C(=O)OC(=C)CC#CC. The van der Waals surface area contributed by atoms with Crippen molar-refractivity contribution in [2.45, 2.75) is 26.7 Å². The smallest absolute Gasteiger partial charge is 0.422 e. The summed E-state index contributed by atoms with van der Waals surface area (Å²) in [5, 5.41) is 0. The van der Waals surface area contributed by atoms with Crippen LogP contribution in [0.2, 0.25) is 0 Å². The van der Waals surface area contributed by atoms with Crippen molar-refractivity contribution < 1.29 is 19.1 Å². The highest BCUT2D eigenvalue weighted by atomic mass is 16.6. The van der Waals surface area contributed by atoms with Crippen LogP contribution in [0.4, 0.5) is 0 Å². The van der Waals surface area contributed by atoms with Gasteiger partial charge in [0, 0.05) is 0 Å². The molecule has 0 atom stereocenters. The number of rotatable bonds is 4. The topological polar surface area (TPSA) is 52.6 Å². The molecule has 0 rings (SSSR count). The van der Waals surface area contributed by atoms with E-state index in [4.69, 9.17) is 0 Å². The van der Waals surface area contributed by atoms with Crippen LogP contribution in [0.1, 0.15) is 26.7 Å². The van der Waals surface area contributed by atoms with Crippen molar-refractivity contribution in [1.82, 2.24) is 0 Å². The van der Waals surface area contributed by atoms with E-state index in [-0.39, 0.29) is 24.4 Å². The van der Waals surface area contributed by atoms with Crippen molar-refractivity contribution >= 4 is 11.9 Å². The van der Waals surface area contributed by atoms with Crippen LogP contribution in [0, 0.1) is 23.7 Å². The first kappa shape index (κ1) is 15.5. The summed E-state index contributed by atoms with van der Waals surface area (Å²) in [5.41, 5.74) is 0. The molecular weight excluding hydrogens is 232 g/mol. The van der Waals surface area contributed by atoms with Gasteiger partial charge >= 0.3 is 11.9 Å². The van der Waals surface area contributed by atoms with Crippen LogP contribution in [-0.4, -0.2) is 11.9 Å². The zero-order valence-corrected chi connectivity index (χ0v) is 10.5. The first-order valence-corrected chi connectivity index (χ1v) is 5.10. The summed E-state index contributed by atoms with van der Waals surface area (Å²) in [6.07, 6.45) is 0.357. The number of carbonyl (C=O) groups is 2. The molecule has 0 aliphatic rings. The van der Waals surface area contributed by atoms with E-state index in [1.165, 1.54) is 0 Å². The fourth-order valence-corrected chi connectivity index (χ4v) is 0.792. The van der Waals surface area contributed by atoms with E-state index in [1.807, 2.05) is 0 Å². The third-order valence-corrected chi connectivity index (χ3v) is 1.57. The highest BCUT2D eigenvalue weighted by Gasteiger charge is 2.19. The molecule has 4 heteroatoms. The summed E-state index contributed by atoms with van der Waals surface area (Å²) >= 11 is 0. The lowest BCUT2D eigenvalue weighted by Crippen LogP contribution is -2.19. The molecule has 0 heterocycles. The first-order chi connectivity index (χ1) is 8.51. The number of hydrogen-bond donors (Lipinski definition) is 0. The zero-order valence-electron chi connectivity index (χ0n) is 10.5. The number of ether oxygens (including phenoxy) is 2. The summed E-state index contributed by atoms with van der Waals surface area (Å²) < 4.78 is 9.26. The second-order valence-electron chi connectivity index (χ2n) is 3.06. The Morgan fingerprint density at radius 3 is 1.50 bits per heavy atom. The molecule has 0 aromatic rings. The molecule has 0 unspecified atom stereocenters. The molecule has 0 aromatic carbocycles. The molecule has 0 aromatic heterocycles. The zero-order chi connectivity index (χ0) is 14.0. The maximum atomic E-state index is 11.2. The number of hydrogen-bond acceptors (Lipinski definition) is 4. The van der Waals surface area contributed by atoms with Crippen LogP contribution < -0.4 is 0 Å². The minimum Gasteiger partial charge on any atom is -0.422 e. The quantitative estimate of drug-likeness (QED) is 0.329. The highest BCUT2D eigenvalue weighted by molar-refractivity contribution is 6.30. The van der Waals surface area contributed by atoms with Crippen molar-refractivity contribution in [3.8, 4) is 23.7 Å². The Kier molecular flexibility index (Phi) is 7.48. The Morgan fingerprint density at radius 1 is 0.889 bits per heavy atom. The standard InChI is InChI=1S/C14H14O4/c1-5-7-9-11(3)17-13(15)14(16)18-12(4)10-8-6-2/h3-4,9-10H2,1-2H3. The van der Waals surface area contributed by atoms with Crippen molar-refractivity contribution in [3.63, 3.8) is 0 Å². The first-order valence-electron chi connectivity index (χ1n) is 5.10. The molecule has 0 N–H and O–H groups in total. The van der Waals surface area contributed by atoms with Gasteiger partial charge in [-0.25, -0.2) is 9.59 Å². The Bertz CT molecular complexity index is 431. The number of carbonyl (C=O) groups excluding carboxylic acids is 2. The summed E-state index contributed by atoms with van der Waals surface area (Å²) in [6, 6.07) is 0. The molecule has 0 aliphatic carbocycles. The Balaban J connectivity index is 4.20. The average molecular weight is 246 g/mol. The van der Waals surface area contributed by atoms with E-state index < -0.39 is 11.9 Å². The lowest BCUT2D eigenvalue weighted by Gasteiger charge is -2.05. The molecule has 0 fully saturated rings. The molecule has 4 nitrogen and oxygen atoms in total. The molecule has 94 valence electrons. The Labute approximate surface area is 107 Å². The summed E-state index contributed by atoms with van der Waals surface area (Å²) in [5.74, 6) is 8.39. The lowest BCUT2D eigenvalue weighted by atomic mass is 10.4. The van der Waals surface area contributed by atoms with Gasteiger partial charge < -0.3 is 9.47 Å². The van der Waals surface area contributed by atoms with Crippen molar-refractivity contribution in [2.75, 3.05) is 0 Å². The fourth-order valence-electron chi connectivity index (χ4n) is 0.792. The monoisotopic (exact) mass is 246 g/mol. The largest absolute Gasteiger partial charge is 0.422 e. The predicted octanol–water partition coefficient (Wildman–Crippen LogP) is 1.93. The molecule has 18 heavy (non-hydrogen) atoms. The van der Waals surface area contributed by atoms with E-state index >= 15 is 0 Å². The van der Waals surface area contributed by atoms with Crippen molar-refractivity contribution in [3.05, 3.63) is 24.7 Å². The average Bonchev–Trinajstić information content (AvgIpc) is 2.33. The van der Waals surface area contributed by atoms with Gasteiger partial charge in [0.1, 0.15) is 11.5 Å². The summed E-state index contributed by atoms with van der Waals surface area (Å²) in [4.78, 5) is 22.5. The normalized spacial score (nSPS) is 7.89. The van der Waals surface area contributed by atoms with Crippen molar-refractivity contribution in [1.29, 1.82) is 0 Å². The van der Waals surface area contributed by atoms with Crippen LogP contribution in [-0.2, 0) is 19.1 Å². The number of allylic oxidation sites excluding steroid dienone is 2. The van der Waals surface area contributed by atoms with Gasteiger partial charge in [0.25, 0.3) is 0 Å². The van der Waals surface area contributed by atoms with Gasteiger partial charge in [-0.2, -0.15) is 0 Å². The molecule has 0 amide bonds. The molecule has 0 saturated heterocycles. The van der Waals surface area contributed by atoms with Crippen LogP contribution in [0.3, 0.4) is 0 Å². The Morgan fingerprint density at radius 2 is 1.22 bits per heavy atom. The molecular formula is C14H14O4. The highest BCUT2D eigenvalue weighted by Crippen LogP contribution is 2.04. The fraction of sp³-hybridized carbons (Fsp3) is 0.286. The van der Waals surface area contributed by atoms with Gasteiger partial charge in [-0.3, -0.25) is 0 Å². The Hall–Kier alpha value is -2.46. The van der Waals surface area contributed by atoms with E-state index in [1.54, 1.807) is 13.8 Å². The molecule has 0 bridgehead atoms. The van der Waals surface area contributed by atoms with Gasteiger partial charge in [0.15, 0.2) is 0 Å². The van der Waals surface area contributed by atoms with E-state index in [0.29, 0.717) is 0 Å². The maximum Gasteiger partial charge on any atom is 0.422 e. The van der Waals surface area contributed by atoms with Crippen LogP contribution >= 0.6 is 0 Å². The van der Waals surface area contributed by atoms with Gasteiger partial charge in [0.2, 0.25) is 0 Å². The van der Waals surface area contributed by atoms with Gasteiger partial charge in [-0.15, -0.1) is 11.8 Å². The van der Waals surface area contributed by atoms with Crippen molar-refractivity contribution in [2.24, 2.45) is 0 Å². The second-order valence-corrected chi connectivity index (χ2v) is 3.06. The van der Waals surface area contributed by atoms with Crippen LogP contribution in [0.25, 0.3) is 0 Å². The third-order valence-electron chi connectivity index (χ3n) is 1.57. The lowest BCUT2D eigenvalue weighted by molar-refractivity contribution is -0.162. The van der Waals surface area contributed by atoms with Crippen LogP contribution in [0.5, 0.6) is 0 Å². The molecule has 0 spiro atoms. The summed E-state index contributed by atoms with van der Waals surface area (Å²) in [7, 11) is 0. The minimum atomic E-state index is -1.15.